The molecule has 2 N–H and O–H groups in total. The third-order valence-electron chi connectivity index (χ3n) is 5.92. The van der Waals surface area contributed by atoms with Crippen molar-refractivity contribution in [3.63, 3.8) is 0 Å². The highest BCUT2D eigenvalue weighted by Gasteiger charge is 2.42. The lowest BCUT2D eigenvalue weighted by molar-refractivity contribution is -0.137. The molecule has 2 rings (SSSR count). The van der Waals surface area contributed by atoms with E-state index in [-0.39, 0.29) is 29.4 Å². The predicted octanol–water partition coefficient (Wildman–Crippen LogP) is 6.82. The number of aryl methyl sites for hydroxylation is 1. The highest BCUT2D eigenvalue weighted by Crippen LogP contribution is 2.35. The average Bonchev–Trinajstić information content (AvgIpc) is 3.33. The SMILES string of the molecule is COC(=O)Nc1ccc(-c2cn(COCC[Si](C)(C)C)c(CC/C=C/NC(=O)OC(C)(C)C)n2)c(N=C(C(=O)OC)C(F)(F)F)c1. The number of alkyl halides is 3. The van der Waals surface area contributed by atoms with Gasteiger partial charge in [-0.05, 0) is 51.4 Å². The van der Waals surface area contributed by atoms with Gasteiger partial charge < -0.3 is 23.5 Å². The van der Waals surface area contributed by atoms with Crippen LogP contribution in [0.15, 0.2) is 41.7 Å². The molecule has 0 saturated carbocycles. The summed E-state index contributed by atoms with van der Waals surface area (Å²) in [5, 5.41) is 4.90. The Bertz CT molecular complexity index is 1430. The van der Waals surface area contributed by atoms with Gasteiger partial charge in [0.2, 0.25) is 5.71 Å². The number of nitrogens with zero attached hydrogens (tertiary/aromatic N) is 3. The Labute approximate surface area is 267 Å². The van der Waals surface area contributed by atoms with Gasteiger partial charge in [0.25, 0.3) is 0 Å². The van der Waals surface area contributed by atoms with Crippen LogP contribution in [0.4, 0.5) is 34.1 Å². The van der Waals surface area contributed by atoms with E-state index in [0.29, 0.717) is 25.3 Å². The number of rotatable bonds is 13. The predicted molar refractivity (Wildman–Crippen MR) is 170 cm³/mol. The molecule has 0 atom stereocenters. The molecule has 0 fully saturated rings. The van der Waals surface area contributed by atoms with Crippen molar-refractivity contribution in [2.75, 3.05) is 26.1 Å². The number of ether oxygens (including phenoxy) is 4. The molecule has 12 nitrogen and oxygen atoms in total. The zero-order valence-corrected chi connectivity index (χ0v) is 28.3. The highest BCUT2D eigenvalue weighted by atomic mass is 28.3. The van der Waals surface area contributed by atoms with Crippen LogP contribution < -0.4 is 10.6 Å². The molecule has 0 unspecified atom stereocenters. The van der Waals surface area contributed by atoms with Gasteiger partial charge in [-0.25, -0.2) is 24.4 Å². The van der Waals surface area contributed by atoms with Crippen LogP contribution in [-0.4, -0.2) is 74.1 Å². The number of methoxy groups -OCH3 is 2. The van der Waals surface area contributed by atoms with Crippen molar-refractivity contribution in [3.8, 4) is 11.3 Å². The molecule has 1 heterocycles. The molecule has 0 radical (unpaired) electrons. The number of alkyl carbamates (subject to hydrolysis) is 1. The van der Waals surface area contributed by atoms with Crippen LogP contribution in [0.2, 0.25) is 25.7 Å². The van der Waals surface area contributed by atoms with E-state index in [1.165, 1.54) is 18.3 Å². The van der Waals surface area contributed by atoms with E-state index in [0.717, 1.165) is 26.3 Å². The van der Waals surface area contributed by atoms with Gasteiger partial charge in [-0.3, -0.25) is 10.6 Å². The average molecular weight is 670 g/mol. The van der Waals surface area contributed by atoms with Gasteiger partial charge in [0.15, 0.2) is 0 Å². The first-order valence-corrected chi connectivity index (χ1v) is 18.1. The minimum absolute atomic E-state index is 0.0673. The molecular formula is C30H42F3N5O7Si. The normalized spacial score (nSPS) is 12.6. The van der Waals surface area contributed by atoms with Gasteiger partial charge in [-0.2, -0.15) is 13.2 Å². The summed E-state index contributed by atoms with van der Waals surface area (Å²) in [6.07, 6.45) is -1.00. The second-order valence-electron chi connectivity index (χ2n) is 12.2. The number of anilines is 1. The summed E-state index contributed by atoms with van der Waals surface area (Å²) in [6.45, 7) is 12.6. The molecule has 2 aromatic rings. The van der Waals surface area contributed by atoms with Crippen molar-refractivity contribution >= 4 is 43.3 Å². The van der Waals surface area contributed by atoms with Gasteiger partial charge in [0.1, 0.15) is 18.2 Å². The first kappa shape index (κ1) is 38.0. The largest absolute Gasteiger partial charge is 0.464 e. The summed E-state index contributed by atoms with van der Waals surface area (Å²) >= 11 is 0. The van der Waals surface area contributed by atoms with Crippen LogP contribution in [0.25, 0.3) is 11.3 Å². The lowest BCUT2D eigenvalue weighted by Gasteiger charge is -2.18. The van der Waals surface area contributed by atoms with Crippen LogP contribution in [0.1, 0.15) is 33.0 Å². The Morgan fingerprint density at radius 2 is 1.76 bits per heavy atom. The first-order valence-electron chi connectivity index (χ1n) is 14.3. The maximum Gasteiger partial charge on any atom is 0.440 e. The Balaban J connectivity index is 2.51. The zero-order valence-electron chi connectivity index (χ0n) is 27.3. The number of hydrogen-bond acceptors (Lipinski definition) is 9. The van der Waals surface area contributed by atoms with Crippen molar-refractivity contribution in [1.29, 1.82) is 0 Å². The van der Waals surface area contributed by atoms with E-state index in [4.69, 9.17) is 9.47 Å². The van der Waals surface area contributed by atoms with Gasteiger partial charge in [0.05, 0.1) is 25.6 Å². The number of hydrogen-bond donors (Lipinski definition) is 2. The van der Waals surface area contributed by atoms with E-state index in [2.05, 4.69) is 49.7 Å². The number of aromatic nitrogens is 2. The summed E-state index contributed by atoms with van der Waals surface area (Å²) in [5.41, 5.74) is -2.28. The second kappa shape index (κ2) is 16.4. The molecule has 0 spiro atoms. The molecule has 46 heavy (non-hydrogen) atoms. The molecule has 0 aliphatic heterocycles. The Kier molecular flexibility index (Phi) is 13.5. The molecule has 0 aliphatic rings. The van der Waals surface area contributed by atoms with Gasteiger partial charge in [-0.1, -0.05) is 25.7 Å². The number of aliphatic imine (C=N–C) groups is 1. The lowest BCUT2D eigenvalue weighted by Crippen LogP contribution is -2.31. The third kappa shape index (κ3) is 13.0. The summed E-state index contributed by atoms with van der Waals surface area (Å²) in [6, 6.07) is 4.94. The van der Waals surface area contributed by atoms with Crippen molar-refractivity contribution in [1.82, 2.24) is 14.9 Å². The van der Waals surface area contributed by atoms with E-state index in [1.807, 2.05) is 0 Å². The summed E-state index contributed by atoms with van der Waals surface area (Å²) in [4.78, 5) is 44.0. The number of esters is 1. The van der Waals surface area contributed by atoms with Gasteiger partial charge >= 0.3 is 24.3 Å². The van der Waals surface area contributed by atoms with E-state index < -0.39 is 43.7 Å². The van der Waals surface area contributed by atoms with Crippen LogP contribution in [-0.2, 0) is 36.9 Å². The molecule has 1 aromatic carbocycles. The summed E-state index contributed by atoms with van der Waals surface area (Å²) in [7, 11) is 0.573. The Morgan fingerprint density at radius 3 is 2.35 bits per heavy atom. The number of amides is 2. The lowest BCUT2D eigenvalue weighted by atomic mass is 10.1. The fourth-order valence-corrected chi connectivity index (χ4v) is 4.45. The maximum atomic E-state index is 13.8. The Morgan fingerprint density at radius 1 is 1.07 bits per heavy atom. The van der Waals surface area contributed by atoms with E-state index >= 15 is 0 Å². The molecule has 254 valence electrons. The third-order valence-corrected chi connectivity index (χ3v) is 7.63. The van der Waals surface area contributed by atoms with Crippen LogP contribution >= 0.6 is 0 Å². The first-order chi connectivity index (χ1) is 21.3. The van der Waals surface area contributed by atoms with Crippen LogP contribution in [0.5, 0.6) is 0 Å². The molecule has 0 bridgehead atoms. The summed E-state index contributed by atoms with van der Waals surface area (Å²) in [5.74, 6) is -1.14. The van der Waals surface area contributed by atoms with Crippen molar-refractivity contribution in [3.05, 3.63) is 42.5 Å². The van der Waals surface area contributed by atoms with Crippen molar-refractivity contribution in [2.45, 2.75) is 77.8 Å². The molecular weight excluding hydrogens is 627 g/mol. The van der Waals surface area contributed by atoms with Crippen LogP contribution in [0.3, 0.4) is 0 Å². The maximum absolute atomic E-state index is 13.8. The molecule has 1 aromatic heterocycles. The number of carbonyl (C=O) groups excluding carboxylic acids is 3. The zero-order chi connectivity index (χ0) is 34.7. The topological polar surface area (TPSA) is 142 Å². The van der Waals surface area contributed by atoms with E-state index in [1.54, 1.807) is 37.6 Å². The molecule has 2 amide bonds. The minimum atomic E-state index is -5.13. The fraction of sp³-hybridized carbons (Fsp3) is 0.500. The van der Waals surface area contributed by atoms with Crippen molar-refractivity contribution < 1.29 is 46.5 Å². The number of nitrogens with one attached hydrogen (secondary N) is 2. The number of allylic oxidation sites excluding steroid dienone is 1. The molecule has 0 saturated heterocycles. The number of imidazole rings is 1. The van der Waals surface area contributed by atoms with Crippen molar-refractivity contribution in [2.24, 2.45) is 4.99 Å². The van der Waals surface area contributed by atoms with Gasteiger partial charge in [-0.15, -0.1) is 0 Å². The number of halogens is 3. The fourth-order valence-electron chi connectivity index (χ4n) is 3.70. The van der Waals surface area contributed by atoms with E-state index in [9.17, 15) is 27.6 Å². The minimum Gasteiger partial charge on any atom is -0.464 e. The van der Waals surface area contributed by atoms with Crippen LogP contribution in [0, 0.1) is 0 Å². The van der Waals surface area contributed by atoms with Gasteiger partial charge in [0, 0.05) is 44.7 Å². The monoisotopic (exact) mass is 669 g/mol. The standard InChI is InChI=1S/C30H42F3N5O7Si/c1-29(2,3)45-27(40)34-14-10-9-11-24-36-23(18-38(24)19-44-15-16-46(6,7)8)21-13-12-20(35-28(41)43-5)17-22(21)37-25(26(39)42-4)30(31,32)33/h10,12-14,17-18H,9,11,15-16,19H2,1-8H3,(H,34,40)(H,35,41)/b14-10+,37-25?. The Hall–Kier alpha value is -4.18. The number of carbonyl (C=O) groups is 3. The smallest absolute Gasteiger partial charge is 0.440 e. The molecule has 0 aliphatic carbocycles. The summed E-state index contributed by atoms with van der Waals surface area (Å²) < 4.78 is 63.2. The highest BCUT2D eigenvalue weighted by molar-refractivity contribution is 6.76. The molecule has 16 heteroatoms. The second-order valence-corrected chi connectivity index (χ2v) is 17.9. The number of benzene rings is 1. The quantitative estimate of drug-likeness (QED) is 0.0778.